The number of carbonyl (C=O) groups excluding carboxylic acids is 1. The molecule has 0 bridgehead atoms. The number of carboxylic acids is 1. The van der Waals surface area contributed by atoms with Crippen molar-refractivity contribution in [2.45, 2.75) is 38.7 Å². The van der Waals surface area contributed by atoms with Gasteiger partial charge >= 0.3 is 12.1 Å². The molecule has 0 saturated heterocycles. The van der Waals surface area contributed by atoms with Crippen LogP contribution in [0.5, 0.6) is 0 Å². The first-order chi connectivity index (χ1) is 16.5. The average Bonchev–Trinajstić information content (AvgIpc) is 3.21. The summed E-state index contributed by atoms with van der Waals surface area (Å²) in [5.74, 6) is -1.91. The minimum absolute atomic E-state index is 0.0639. The van der Waals surface area contributed by atoms with Gasteiger partial charge in [0.2, 0.25) is 0 Å². The van der Waals surface area contributed by atoms with Crippen LogP contribution in [0.3, 0.4) is 0 Å². The molecule has 1 aliphatic rings. The van der Waals surface area contributed by atoms with E-state index in [2.05, 4.69) is 10.4 Å². The third kappa shape index (κ3) is 5.27. The van der Waals surface area contributed by atoms with Crippen molar-refractivity contribution in [2.75, 3.05) is 11.4 Å². The van der Waals surface area contributed by atoms with Crippen LogP contribution in [0, 0.1) is 0 Å². The number of nitrogens with zero attached hydrogens (tertiary/aromatic N) is 3. The monoisotopic (exact) mass is 506 g/mol. The SMILES string of the molecule is C[C@H](NC(=O)c1c(C(F)(F)F)nn2c1N(Cc1cccc(Cl)c1)CCC2)c1ccc(C(=O)O)cc1. The van der Waals surface area contributed by atoms with Gasteiger partial charge in [0.15, 0.2) is 5.69 Å². The molecule has 1 atom stereocenters. The second kappa shape index (κ2) is 9.61. The maximum Gasteiger partial charge on any atom is 0.436 e. The third-order valence-corrected chi connectivity index (χ3v) is 6.02. The molecule has 0 unspecified atom stereocenters. The van der Waals surface area contributed by atoms with Crippen LogP contribution < -0.4 is 10.2 Å². The fourth-order valence-corrected chi connectivity index (χ4v) is 4.34. The minimum atomic E-state index is -4.83. The van der Waals surface area contributed by atoms with Crippen LogP contribution in [-0.4, -0.2) is 33.3 Å². The maximum absolute atomic E-state index is 13.9. The van der Waals surface area contributed by atoms with Gasteiger partial charge in [-0.3, -0.25) is 4.79 Å². The van der Waals surface area contributed by atoms with Gasteiger partial charge in [0.05, 0.1) is 11.6 Å². The average molecular weight is 507 g/mol. The third-order valence-electron chi connectivity index (χ3n) is 5.79. The Hall–Kier alpha value is -3.53. The Morgan fingerprint density at radius 1 is 1.17 bits per heavy atom. The van der Waals surface area contributed by atoms with E-state index < -0.39 is 35.4 Å². The number of fused-ring (bicyclic) bond motifs is 1. The molecule has 0 radical (unpaired) electrons. The lowest BCUT2D eigenvalue weighted by atomic mass is 10.0. The molecule has 0 spiro atoms. The van der Waals surface area contributed by atoms with Crippen molar-refractivity contribution in [3.05, 3.63) is 81.5 Å². The summed E-state index contributed by atoms with van der Waals surface area (Å²) in [6.07, 6.45) is -4.26. The molecule has 184 valence electrons. The Labute approximate surface area is 204 Å². The topological polar surface area (TPSA) is 87.5 Å². The first-order valence-corrected chi connectivity index (χ1v) is 11.2. The molecule has 11 heteroatoms. The number of carboxylic acid groups (broad SMARTS) is 1. The standard InChI is InChI=1S/C24H22ClF3N4O3/c1-14(16-6-8-17(9-7-16)23(34)35)29-21(33)19-20(24(26,27)28)30-32-11-3-10-31(22(19)32)13-15-4-2-5-18(25)12-15/h2,4-9,12,14H,3,10-11,13H2,1H3,(H,29,33)(H,34,35)/t14-/m0/s1. The van der Waals surface area contributed by atoms with Crippen LogP contribution in [0.4, 0.5) is 19.0 Å². The highest BCUT2D eigenvalue weighted by Crippen LogP contribution is 2.38. The maximum atomic E-state index is 13.9. The van der Waals surface area contributed by atoms with Gasteiger partial charge < -0.3 is 15.3 Å². The van der Waals surface area contributed by atoms with Gasteiger partial charge in [-0.15, -0.1) is 0 Å². The van der Waals surface area contributed by atoms with Crippen LogP contribution in [-0.2, 0) is 19.3 Å². The van der Waals surface area contributed by atoms with Crippen molar-refractivity contribution in [3.8, 4) is 0 Å². The summed E-state index contributed by atoms with van der Waals surface area (Å²) < 4.78 is 43.0. The molecule has 2 N–H and O–H groups in total. The second-order valence-corrected chi connectivity index (χ2v) is 8.73. The van der Waals surface area contributed by atoms with Crippen LogP contribution in [0.25, 0.3) is 0 Å². The zero-order valence-corrected chi connectivity index (χ0v) is 19.4. The quantitative estimate of drug-likeness (QED) is 0.482. The summed E-state index contributed by atoms with van der Waals surface area (Å²) in [5.41, 5.74) is -0.369. The van der Waals surface area contributed by atoms with Gasteiger partial charge in [0.1, 0.15) is 11.4 Å². The number of aryl methyl sites for hydroxylation is 1. The lowest BCUT2D eigenvalue weighted by Gasteiger charge is -2.30. The lowest BCUT2D eigenvalue weighted by molar-refractivity contribution is -0.141. The van der Waals surface area contributed by atoms with Crippen LogP contribution >= 0.6 is 11.6 Å². The molecule has 0 saturated carbocycles. The fraction of sp³-hybridized carbons (Fsp3) is 0.292. The molecule has 7 nitrogen and oxygen atoms in total. The van der Waals surface area contributed by atoms with Crippen LogP contribution in [0.1, 0.15) is 56.9 Å². The molecular weight excluding hydrogens is 485 g/mol. The summed E-state index contributed by atoms with van der Waals surface area (Å²) in [4.78, 5) is 26.0. The number of benzene rings is 2. The number of aromatic nitrogens is 2. The van der Waals surface area contributed by atoms with Gasteiger partial charge in [-0.2, -0.15) is 18.3 Å². The predicted octanol–water partition coefficient (Wildman–Crippen LogP) is 5.15. The summed E-state index contributed by atoms with van der Waals surface area (Å²) in [5, 5.41) is 15.9. The number of amides is 1. The number of anilines is 1. The van der Waals surface area contributed by atoms with Crippen molar-refractivity contribution in [1.29, 1.82) is 0 Å². The van der Waals surface area contributed by atoms with Crippen molar-refractivity contribution >= 4 is 29.3 Å². The van der Waals surface area contributed by atoms with Crippen molar-refractivity contribution in [3.63, 3.8) is 0 Å². The van der Waals surface area contributed by atoms with E-state index in [0.29, 0.717) is 23.6 Å². The largest absolute Gasteiger partial charge is 0.478 e. The highest BCUT2D eigenvalue weighted by atomic mass is 35.5. The smallest absolute Gasteiger partial charge is 0.436 e. The molecule has 2 heterocycles. The fourth-order valence-electron chi connectivity index (χ4n) is 4.13. The lowest BCUT2D eigenvalue weighted by Crippen LogP contribution is -2.35. The Bertz CT molecular complexity index is 1260. The first kappa shape index (κ1) is 24.6. The summed E-state index contributed by atoms with van der Waals surface area (Å²) in [6.45, 7) is 2.57. The van der Waals surface area contributed by atoms with Gasteiger partial charge in [0, 0.05) is 24.7 Å². The minimum Gasteiger partial charge on any atom is -0.478 e. The predicted molar refractivity (Wildman–Crippen MR) is 124 cm³/mol. The molecule has 1 aliphatic heterocycles. The summed E-state index contributed by atoms with van der Waals surface area (Å²) in [7, 11) is 0. The second-order valence-electron chi connectivity index (χ2n) is 8.30. The van der Waals surface area contributed by atoms with E-state index in [9.17, 15) is 22.8 Å². The zero-order chi connectivity index (χ0) is 25.3. The number of nitrogens with one attached hydrogen (secondary N) is 1. The molecule has 2 aromatic carbocycles. The Morgan fingerprint density at radius 3 is 2.51 bits per heavy atom. The van der Waals surface area contributed by atoms with E-state index in [4.69, 9.17) is 16.7 Å². The van der Waals surface area contributed by atoms with E-state index in [0.717, 1.165) is 5.56 Å². The molecule has 0 fully saturated rings. The first-order valence-electron chi connectivity index (χ1n) is 10.9. The van der Waals surface area contributed by atoms with E-state index in [-0.39, 0.29) is 24.5 Å². The number of alkyl halides is 3. The number of hydrogen-bond donors (Lipinski definition) is 2. The molecule has 35 heavy (non-hydrogen) atoms. The molecular formula is C24H22ClF3N4O3. The van der Waals surface area contributed by atoms with Crippen molar-refractivity contribution in [1.82, 2.24) is 15.1 Å². The van der Waals surface area contributed by atoms with Crippen LogP contribution in [0.15, 0.2) is 48.5 Å². The summed E-state index contributed by atoms with van der Waals surface area (Å²) >= 11 is 6.07. The van der Waals surface area contributed by atoms with E-state index >= 15 is 0 Å². The van der Waals surface area contributed by atoms with Crippen molar-refractivity contribution in [2.24, 2.45) is 0 Å². The number of hydrogen-bond acceptors (Lipinski definition) is 4. The zero-order valence-electron chi connectivity index (χ0n) is 18.6. The van der Waals surface area contributed by atoms with E-state index in [1.165, 1.54) is 28.9 Å². The summed E-state index contributed by atoms with van der Waals surface area (Å²) in [6, 6.07) is 12.1. The highest BCUT2D eigenvalue weighted by molar-refractivity contribution is 6.30. The molecule has 1 amide bonds. The Kier molecular flexibility index (Phi) is 6.75. The van der Waals surface area contributed by atoms with Crippen molar-refractivity contribution < 1.29 is 27.9 Å². The van der Waals surface area contributed by atoms with E-state index in [1.807, 2.05) is 6.07 Å². The number of aromatic carboxylic acids is 1. The van der Waals surface area contributed by atoms with Gasteiger partial charge in [0.25, 0.3) is 5.91 Å². The molecule has 3 aromatic rings. The Balaban J connectivity index is 1.68. The molecule has 0 aliphatic carbocycles. The highest BCUT2D eigenvalue weighted by Gasteiger charge is 2.43. The van der Waals surface area contributed by atoms with Gasteiger partial charge in [-0.05, 0) is 48.7 Å². The van der Waals surface area contributed by atoms with Gasteiger partial charge in [-0.25, -0.2) is 9.48 Å². The Morgan fingerprint density at radius 2 is 1.89 bits per heavy atom. The van der Waals surface area contributed by atoms with E-state index in [1.54, 1.807) is 30.0 Å². The number of halogens is 4. The number of carbonyl (C=O) groups is 2. The normalized spacial score (nSPS) is 14.4. The van der Waals surface area contributed by atoms with Gasteiger partial charge in [-0.1, -0.05) is 35.9 Å². The molecule has 4 rings (SSSR count). The van der Waals surface area contributed by atoms with Crippen LogP contribution in [0.2, 0.25) is 5.02 Å². The number of rotatable bonds is 6. The molecule has 1 aromatic heterocycles.